The van der Waals surface area contributed by atoms with Crippen LogP contribution in [-0.2, 0) is 47.5 Å². The zero-order valence-corrected chi connectivity index (χ0v) is 17.5. The standard InChI is InChI=1S/C8H16N2O4S.C3H7.C2H6.Y/c1-5-10(6-2)15(13,14)8(3,4)7(11)9-12;1-3-2;1-2;/h12H,1-2,5-6H2,3-4H3,(H,9,11);1,3H2,2H3;1-2H3;/q-2;-1;;+3. The van der Waals surface area contributed by atoms with Gasteiger partial charge < -0.3 is 20.8 Å². The van der Waals surface area contributed by atoms with E-state index in [-0.39, 0.29) is 45.8 Å². The minimum atomic E-state index is -3.88. The van der Waals surface area contributed by atoms with Crippen molar-refractivity contribution in [2.75, 3.05) is 13.1 Å². The van der Waals surface area contributed by atoms with Gasteiger partial charge in [0.25, 0.3) is 5.91 Å². The third kappa shape index (κ3) is 9.23. The average Bonchev–Trinajstić information content (AvgIpc) is 2.41. The molecule has 6 nitrogen and oxygen atoms in total. The van der Waals surface area contributed by atoms with Crippen molar-refractivity contribution < 1.29 is 51.1 Å². The minimum Gasteiger partial charge on any atom is -0.344 e. The molecule has 0 aliphatic heterocycles. The predicted molar refractivity (Wildman–Crippen MR) is 82.2 cm³/mol. The van der Waals surface area contributed by atoms with Crippen molar-refractivity contribution in [3.63, 3.8) is 0 Å². The summed E-state index contributed by atoms with van der Waals surface area (Å²) in [7, 11) is -3.88. The first-order chi connectivity index (χ1) is 9.16. The molecule has 0 rings (SSSR count). The monoisotopic (exact) mass is 398 g/mol. The van der Waals surface area contributed by atoms with E-state index in [1.807, 2.05) is 20.8 Å². The average molecular weight is 398 g/mol. The van der Waals surface area contributed by atoms with E-state index in [1.54, 1.807) is 0 Å². The van der Waals surface area contributed by atoms with Gasteiger partial charge in [-0.1, -0.05) is 20.8 Å². The fraction of sp³-hybridized carbons (Fsp3) is 0.692. The van der Waals surface area contributed by atoms with Gasteiger partial charge in [0.15, 0.2) is 4.75 Å². The SMILES string of the molecule is CC.[CH2-]CC.[CH2-]CN(C[CH2-])S(=O)(=O)C(C)(C)C(=O)NO.[Y+3]. The molecule has 0 spiro atoms. The second-order valence-electron chi connectivity index (χ2n) is 3.86. The number of amides is 1. The second-order valence-corrected chi connectivity index (χ2v) is 6.34. The van der Waals surface area contributed by atoms with Gasteiger partial charge >= 0.3 is 32.7 Å². The molecule has 1 amide bonds. The first-order valence-corrected chi connectivity index (χ1v) is 7.93. The number of hydrogen-bond donors (Lipinski definition) is 2. The Morgan fingerprint density at radius 1 is 1.19 bits per heavy atom. The van der Waals surface area contributed by atoms with E-state index in [4.69, 9.17) is 5.21 Å². The molecular weight excluding hydrogens is 369 g/mol. The van der Waals surface area contributed by atoms with Crippen LogP contribution < -0.4 is 5.48 Å². The summed E-state index contributed by atoms with van der Waals surface area (Å²) in [6.45, 7) is 18.7. The Morgan fingerprint density at radius 3 is 1.67 bits per heavy atom. The van der Waals surface area contributed by atoms with Gasteiger partial charge in [0.05, 0.1) is 0 Å². The summed E-state index contributed by atoms with van der Waals surface area (Å²) < 4.78 is 23.0. The van der Waals surface area contributed by atoms with Gasteiger partial charge in [-0.2, -0.15) is 6.42 Å². The number of hydrogen-bond acceptors (Lipinski definition) is 4. The fourth-order valence-corrected chi connectivity index (χ4v) is 2.33. The van der Waals surface area contributed by atoms with Crippen molar-refractivity contribution in [3.05, 3.63) is 20.8 Å². The van der Waals surface area contributed by atoms with E-state index in [1.165, 1.54) is 19.3 Å². The Morgan fingerprint density at radius 2 is 1.48 bits per heavy atom. The molecule has 0 aromatic heterocycles. The maximum Gasteiger partial charge on any atom is 3.00 e. The number of sulfonamides is 1. The van der Waals surface area contributed by atoms with Crippen molar-refractivity contribution in [2.24, 2.45) is 0 Å². The van der Waals surface area contributed by atoms with Gasteiger partial charge in [-0.05, 0) is 13.8 Å². The second kappa shape index (κ2) is 15.3. The van der Waals surface area contributed by atoms with Crippen LogP contribution in [0.4, 0.5) is 0 Å². The van der Waals surface area contributed by atoms with Crippen LogP contribution in [0.15, 0.2) is 0 Å². The van der Waals surface area contributed by atoms with Crippen molar-refractivity contribution in [3.8, 4) is 0 Å². The third-order valence-electron chi connectivity index (χ3n) is 2.13. The molecular formula is C13H29N2O4SY. The van der Waals surface area contributed by atoms with Crippen molar-refractivity contribution in [2.45, 2.75) is 45.8 Å². The van der Waals surface area contributed by atoms with Crippen molar-refractivity contribution in [1.29, 1.82) is 0 Å². The summed E-state index contributed by atoms with van der Waals surface area (Å²) in [5.41, 5.74) is 1.33. The Balaban J connectivity index is -0.000000212. The van der Waals surface area contributed by atoms with Crippen LogP contribution in [-0.4, -0.2) is 41.7 Å². The minimum absolute atomic E-state index is 0. The summed E-state index contributed by atoms with van der Waals surface area (Å²) in [6, 6.07) is 0. The zero-order chi connectivity index (χ0) is 17.0. The van der Waals surface area contributed by atoms with Crippen LogP contribution in [0.3, 0.4) is 0 Å². The molecule has 21 heavy (non-hydrogen) atoms. The zero-order valence-electron chi connectivity index (χ0n) is 13.8. The van der Waals surface area contributed by atoms with Crippen LogP contribution >= 0.6 is 0 Å². The maximum absolute atomic E-state index is 11.9. The fourth-order valence-electron chi connectivity index (χ4n) is 0.927. The van der Waals surface area contributed by atoms with Crippen LogP contribution in [0.25, 0.3) is 0 Å². The van der Waals surface area contributed by atoms with Crippen LogP contribution in [0.5, 0.6) is 0 Å². The molecule has 0 aliphatic carbocycles. The van der Waals surface area contributed by atoms with Crippen LogP contribution in [0.1, 0.15) is 41.0 Å². The molecule has 0 heterocycles. The molecule has 2 N–H and O–H groups in total. The van der Waals surface area contributed by atoms with Crippen molar-refractivity contribution in [1.82, 2.24) is 9.79 Å². The maximum atomic E-state index is 11.9. The van der Waals surface area contributed by atoms with E-state index >= 15 is 0 Å². The van der Waals surface area contributed by atoms with Crippen LogP contribution in [0, 0.1) is 20.8 Å². The quantitative estimate of drug-likeness (QED) is 0.420. The Bertz CT molecular complexity index is 342. The molecule has 0 atom stereocenters. The summed E-state index contributed by atoms with van der Waals surface area (Å²) >= 11 is 0. The molecule has 8 heteroatoms. The van der Waals surface area contributed by atoms with Gasteiger partial charge in [-0.15, -0.1) is 13.1 Å². The molecule has 0 aromatic carbocycles. The summed E-state index contributed by atoms with van der Waals surface area (Å²) in [6.07, 6.45) is 1.00. The number of nitrogens with one attached hydrogen (secondary N) is 1. The van der Waals surface area contributed by atoms with E-state index in [9.17, 15) is 13.2 Å². The molecule has 0 radical (unpaired) electrons. The molecule has 0 saturated carbocycles. The Kier molecular flexibility index (Phi) is 21.5. The molecule has 0 bridgehead atoms. The molecule has 0 saturated heterocycles. The van der Waals surface area contributed by atoms with Crippen LogP contribution in [0.2, 0.25) is 0 Å². The summed E-state index contributed by atoms with van der Waals surface area (Å²) in [5.74, 6) is -0.991. The number of carbonyl (C=O) groups is 1. The van der Waals surface area contributed by atoms with Gasteiger partial charge in [-0.25, -0.2) is 13.9 Å². The van der Waals surface area contributed by atoms with E-state index in [2.05, 4.69) is 20.8 Å². The van der Waals surface area contributed by atoms with Crippen molar-refractivity contribution >= 4 is 15.9 Å². The Hall–Kier alpha value is 0.444. The molecule has 124 valence electrons. The topological polar surface area (TPSA) is 86.7 Å². The van der Waals surface area contributed by atoms with Gasteiger partial charge in [0.2, 0.25) is 10.0 Å². The molecule has 0 aliphatic rings. The molecule has 0 fully saturated rings. The first kappa shape index (κ1) is 29.5. The summed E-state index contributed by atoms with van der Waals surface area (Å²) in [5, 5.41) is 8.45. The molecule has 0 unspecified atom stereocenters. The number of hydroxylamine groups is 1. The van der Waals surface area contributed by atoms with Gasteiger partial charge in [0, 0.05) is 0 Å². The molecule has 0 aromatic rings. The van der Waals surface area contributed by atoms with E-state index < -0.39 is 20.7 Å². The summed E-state index contributed by atoms with van der Waals surface area (Å²) in [4.78, 5) is 11.2. The smallest absolute Gasteiger partial charge is 0.344 e. The number of rotatable bonds is 5. The normalized spacial score (nSPS) is 10.4. The predicted octanol–water partition coefficient (Wildman–Crippen LogP) is 1.82. The van der Waals surface area contributed by atoms with E-state index in [0.717, 1.165) is 10.7 Å². The Labute approximate surface area is 155 Å². The largest absolute Gasteiger partial charge is 3.00 e. The third-order valence-corrected chi connectivity index (χ3v) is 4.65. The number of carbonyl (C=O) groups excluding carboxylic acids is 1. The van der Waals surface area contributed by atoms with Gasteiger partial charge in [-0.3, -0.25) is 14.3 Å². The van der Waals surface area contributed by atoms with E-state index in [0.29, 0.717) is 0 Å². The van der Waals surface area contributed by atoms with Gasteiger partial charge in [0.1, 0.15) is 0 Å². The first-order valence-electron chi connectivity index (χ1n) is 6.49. The number of nitrogens with zero attached hydrogens (tertiary/aromatic N) is 1.